The summed E-state index contributed by atoms with van der Waals surface area (Å²) in [5, 5.41) is 23.4. The monoisotopic (exact) mass is 364 g/mol. The number of amides is 2. The molecule has 1 aromatic carbocycles. The number of carboxylic acids is 1. The molecule has 110 valence electrons. The van der Waals surface area contributed by atoms with Gasteiger partial charge in [-0.1, -0.05) is 11.6 Å². The van der Waals surface area contributed by atoms with Gasteiger partial charge in [-0.05, 0) is 47.5 Å². The lowest BCUT2D eigenvalue weighted by Crippen LogP contribution is -2.47. The maximum Gasteiger partial charge on any atom is 0.337 e. The minimum atomic E-state index is -2.03. The second kappa shape index (κ2) is 6.43. The lowest BCUT2D eigenvalue weighted by molar-refractivity contribution is -0.155. The Bertz CT molecular complexity index is 549. The number of nitrogens with one attached hydrogen (secondary N) is 2. The van der Waals surface area contributed by atoms with Crippen molar-refractivity contribution in [3.05, 3.63) is 27.2 Å². The molecule has 0 radical (unpaired) electrons. The van der Waals surface area contributed by atoms with E-state index in [4.69, 9.17) is 16.7 Å². The van der Waals surface area contributed by atoms with Crippen molar-refractivity contribution in [1.82, 2.24) is 5.32 Å². The van der Waals surface area contributed by atoms with Crippen LogP contribution in [0.15, 0.2) is 16.6 Å². The Labute approximate surface area is 129 Å². The molecule has 0 aliphatic carbocycles. The number of rotatable bonds is 4. The molecule has 0 aliphatic heterocycles. The number of carbonyl (C=O) groups excluding carboxylic acids is 1. The van der Waals surface area contributed by atoms with E-state index in [0.29, 0.717) is 15.2 Å². The van der Waals surface area contributed by atoms with Crippen LogP contribution >= 0.6 is 27.5 Å². The van der Waals surface area contributed by atoms with Gasteiger partial charge in [0, 0.05) is 9.50 Å². The summed E-state index contributed by atoms with van der Waals surface area (Å²) in [4.78, 5) is 22.3. The highest BCUT2D eigenvalue weighted by atomic mass is 79.9. The van der Waals surface area contributed by atoms with Crippen molar-refractivity contribution in [2.75, 3.05) is 11.9 Å². The predicted octanol–water partition coefficient (Wildman–Crippen LogP) is 2.37. The van der Waals surface area contributed by atoms with Crippen molar-refractivity contribution in [2.24, 2.45) is 0 Å². The molecule has 0 saturated carbocycles. The van der Waals surface area contributed by atoms with Gasteiger partial charge < -0.3 is 20.8 Å². The van der Waals surface area contributed by atoms with Crippen LogP contribution in [0.1, 0.15) is 12.5 Å². The zero-order valence-electron chi connectivity index (χ0n) is 10.8. The van der Waals surface area contributed by atoms with Crippen LogP contribution in [0.25, 0.3) is 0 Å². The number of aryl methyl sites for hydroxylation is 1. The minimum absolute atomic E-state index is 0.425. The Morgan fingerprint density at radius 1 is 1.45 bits per heavy atom. The summed E-state index contributed by atoms with van der Waals surface area (Å²) in [5.41, 5.74) is -0.745. The molecule has 2 amide bonds. The van der Waals surface area contributed by atoms with Crippen molar-refractivity contribution >= 4 is 45.2 Å². The molecule has 0 bridgehead atoms. The summed E-state index contributed by atoms with van der Waals surface area (Å²) in [7, 11) is 0. The first-order chi connectivity index (χ1) is 9.13. The number of hydrogen-bond donors (Lipinski definition) is 4. The lowest BCUT2D eigenvalue weighted by Gasteiger charge is -2.18. The topological polar surface area (TPSA) is 98.7 Å². The highest BCUT2D eigenvalue weighted by molar-refractivity contribution is 9.10. The molecular weight excluding hydrogens is 351 g/mol. The third-order valence-electron chi connectivity index (χ3n) is 2.55. The maximum atomic E-state index is 11.6. The second-order valence-corrected chi connectivity index (χ2v) is 5.73. The van der Waals surface area contributed by atoms with Gasteiger partial charge in [-0.3, -0.25) is 0 Å². The molecule has 1 atom stereocenters. The highest BCUT2D eigenvalue weighted by Crippen LogP contribution is 2.29. The molecule has 20 heavy (non-hydrogen) atoms. The van der Waals surface area contributed by atoms with Gasteiger partial charge in [-0.25, -0.2) is 9.59 Å². The molecule has 8 heteroatoms. The Balaban J connectivity index is 2.68. The average molecular weight is 366 g/mol. The molecule has 0 heterocycles. The quantitative estimate of drug-likeness (QED) is 0.658. The predicted molar refractivity (Wildman–Crippen MR) is 79.2 cm³/mol. The van der Waals surface area contributed by atoms with Gasteiger partial charge in [0.15, 0.2) is 5.60 Å². The summed E-state index contributed by atoms with van der Waals surface area (Å²) < 4.78 is 0.638. The fourth-order valence-electron chi connectivity index (χ4n) is 1.24. The minimum Gasteiger partial charge on any atom is -0.479 e. The standard InChI is InChI=1S/C12H14BrClN2O4/c1-6-3-7(13)9(4-8(6)14)16-11(19)15-5-12(2,20)10(17)18/h3-4,20H,5H2,1-2H3,(H,17,18)(H2,15,16,19). The van der Waals surface area contributed by atoms with Crippen LogP contribution in [-0.4, -0.2) is 34.4 Å². The van der Waals surface area contributed by atoms with Crippen LogP contribution in [0.2, 0.25) is 5.02 Å². The molecule has 1 aromatic rings. The van der Waals surface area contributed by atoms with Gasteiger partial charge in [0.25, 0.3) is 0 Å². The van der Waals surface area contributed by atoms with E-state index >= 15 is 0 Å². The largest absolute Gasteiger partial charge is 0.479 e. The molecule has 0 spiro atoms. The number of urea groups is 1. The van der Waals surface area contributed by atoms with E-state index in [9.17, 15) is 14.7 Å². The zero-order valence-corrected chi connectivity index (χ0v) is 13.2. The number of aliphatic hydroxyl groups is 1. The van der Waals surface area contributed by atoms with Crippen molar-refractivity contribution in [1.29, 1.82) is 0 Å². The zero-order chi connectivity index (χ0) is 15.5. The van der Waals surface area contributed by atoms with E-state index in [2.05, 4.69) is 26.6 Å². The molecule has 6 nitrogen and oxygen atoms in total. The average Bonchev–Trinajstić information content (AvgIpc) is 2.33. The van der Waals surface area contributed by atoms with E-state index in [0.717, 1.165) is 12.5 Å². The third kappa shape index (κ3) is 4.36. The van der Waals surface area contributed by atoms with Crippen LogP contribution in [-0.2, 0) is 4.79 Å². The first-order valence-electron chi connectivity index (χ1n) is 5.60. The lowest BCUT2D eigenvalue weighted by atomic mass is 10.1. The SMILES string of the molecule is Cc1cc(Br)c(NC(=O)NCC(C)(O)C(=O)O)cc1Cl. The number of halogens is 2. The smallest absolute Gasteiger partial charge is 0.337 e. The summed E-state index contributed by atoms with van der Waals surface area (Å²) in [6.45, 7) is 2.49. The highest BCUT2D eigenvalue weighted by Gasteiger charge is 2.30. The fourth-order valence-corrected chi connectivity index (χ4v) is 1.96. The van der Waals surface area contributed by atoms with Gasteiger partial charge in [-0.15, -0.1) is 0 Å². The molecule has 0 aliphatic rings. The summed E-state index contributed by atoms with van der Waals surface area (Å²) in [6.07, 6.45) is 0. The number of carboxylic acid groups (broad SMARTS) is 1. The van der Waals surface area contributed by atoms with Crippen molar-refractivity contribution in [2.45, 2.75) is 19.4 Å². The summed E-state index contributed by atoms with van der Waals surface area (Å²) >= 11 is 9.23. The first kappa shape index (κ1) is 16.7. The van der Waals surface area contributed by atoms with E-state index in [1.54, 1.807) is 12.1 Å². The van der Waals surface area contributed by atoms with Gasteiger partial charge in [0.1, 0.15) is 0 Å². The molecule has 0 aromatic heterocycles. The van der Waals surface area contributed by atoms with Crippen LogP contribution in [0.4, 0.5) is 10.5 Å². The third-order valence-corrected chi connectivity index (χ3v) is 3.61. The number of benzene rings is 1. The number of hydrogen-bond acceptors (Lipinski definition) is 3. The van der Waals surface area contributed by atoms with E-state index in [1.807, 2.05) is 6.92 Å². The van der Waals surface area contributed by atoms with Gasteiger partial charge in [-0.2, -0.15) is 0 Å². The van der Waals surface area contributed by atoms with Crippen molar-refractivity contribution < 1.29 is 19.8 Å². The molecule has 1 unspecified atom stereocenters. The normalized spacial score (nSPS) is 13.4. The Hall–Kier alpha value is -1.31. The summed E-state index contributed by atoms with van der Waals surface area (Å²) in [6, 6.07) is 2.66. The van der Waals surface area contributed by atoms with Gasteiger partial charge in [0.2, 0.25) is 0 Å². The maximum absolute atomic E-state index is 11.6. The Kier molecular flexibility index (Phi) is 5.38. The summed E-state index contributed by atoms with van der Waals surface area (Å²) in [5.74, 6) is -1.42. The Morgan fingerprint density at radius 2 is 2.05 bits per heavy atom. The van der Waals surface area contributed by atoms with Crippen LogP contribution in [0.5, 0.6) is 0 Å². The molecular formula is C12H14BrClN2O4. The van der Waals surface area contributed by atoms with Crippen LogP contribution < -0.4 is 10.6 Å². The first-order valence-corrected chi connectivity index (χ1v) is 6.77. The van der Waals surface area contributed by atoms with E-state index in [1.165, 1.54) is 0 Å². The molecule has 1 rings (SSSR count). The molecule has 0 saturated heterocycles. The van der Waals surface area contributed by atoms with Gasteiger partial charge in [0.05, 0.1) is 12.2 Å². The number of anilines is 1. The molecule has 4 N–H and O–H groups in total. The van der Waals surface area contributed by atoms with Crippen molar-refractivity contribution in [3.63, 3.8) is 0 Å². The van der Waals surface area contributed by atoms with Gasteiger partial charge >= 0.3 is 12.0 Å². The fraction of sp³-hybridized carbons (Fsp3) is 0.333. The van der Waals surface area contributed by atoms with E-state index in [-0.39, 0.29) is 0 Å². The van der Waals surface area contributed by atoms with Crippen LogP contribution in [0, 0.1) is 6.92 Å². The second-order valence-electron chi connectivity index (χ2n) is 4.47. The Morgan fingerprint density at radius 3 is 2.60 bits per heavy atom. The number of carbonyl (C=O) groups is 2. The number of aliphatic carboxylic acids is 1. The van der Waals surface area contributed by atoms with Crippen molar-refractivity contribution in [3.8, 4) is 0 Å². The van der Waals surface area contributed by atoms with E-state index < -0.39 is 24.1 Å². The van der Waals surface area contributed by atoms with Crippen LogP contribution in [0.3, 0.4) is 0 Å². The molecule has 0 fully saturated rings.